The average molecular weight is 196 g/mol. The highest BCUT2D eigenvalue weighted by atomic mass is 32.1. The molecular weight excluding hydrogens is 180 g/mol. The van der Waals surface area contributed by atoms with Gasteiger partial charge in [0.05, 0.1) is 4.88 Å². The number of hydrogen-bond acceptors (Lipinski definition) is 2. The lowest BCUT2D eigenvalue weighted by molar-refractivity contribution is 0.0991. The van der Waals surface area contributed by atoms with Gasteiger partial charge in [0, 0.05) is 6.42 Å². The highest BCUT2D eigenvalue weighted by molar-refractivity contribution is 7.12. The number of hydrogen-bond donors (Lipinski definition) is 0. The van der Waals surface area contributed by atoms with E-state index in [4.69, 9.17) is 0 Å². The molecule has 72 valence electrons. The molecule has 13 heavy (non-hydrogen) atoms. The highest BCUT2D eigenvalue weighted by Crippen LogP contribution is 2.21. The Morgan fingerprint density at radius 1 is 1.54 bits per heavy atom. The molecule has 0 unspecified atom stereocenters. The van der Waals surface area contributed by atoms with Crippen LogP contribution in [0.5, 0.6) is 0 Å². The van der Waals surface area contributed by atoms with Crippen molar-refractivity contribution in [3.63, 3.8) is 0 Å². The summed E-state index contributed by atoms with van der Waals surface area (Å²) >= 11 is 1.57. The summed E-state index contributed by atoms with van der Waals surface area (Å²) in [6, 6.07) is 2.08. The average Bonchev–Trinajstić information content (AvgIpc) is 2.50. The Labute approximate surface area is 83.8 Å². The molecule has 0 spiro atoms. The van der Waals surface area contributed by atoms with Crippen LogP contribution in [0, 0.1) is 5.92 Å². The maximum atomic E-state index is 11.5. The summed E-state index contributed by atoms with van der Waals surface area (Å²) in [4.78, 5) is 12.5. The second kappa shape index (κ2) is 4.56. The van der Waals surface area contributed by atoms with E-state index in [0.29, 0.717) is 12.3 Å². The predicted octanol–water partition coefficient (Wildman–Crippen LogP) is 3.54. The third-order valence-electron chi connectivity index (χ3n) is 1.95. The Morgan fingerprint density at radius 3 is 2.77 bits per heavy atom. The number of ketones is 1. The van der Waals surface area contributed by atoms with E-state index in [0.717, 1.165) is 11.3 Å². The summed E-state index contributed by atoms with van der Waals surface area (Å²) in [5.74, 6) is 0.906. The van der Waals surface area contributed by atoms with E-state index >= 15 is 0 Å². The largest absolute Gasteiger partial charge is 0.293 e. The van der Waals surface area contributed by atoms with E-state index in [9.17, 15) is 4.79 Å². The molecule has 0 aromatic carbocycles. The molecule has 0 atom stereocenters. The van der Waals surface area contributed by atoms with Gasteiger partial charge in [-0.15, -0.1) is 11.3 Å². The van der Waals surface area contributed by atoms with Crippen LogP contribution in [0.2, 0.25) is 0 Å². The first-order valence-corrected chi connectivity index (χ1v) is 5.62. The van der Waals surface area contributed by atoms with Crippen LogP contribution >= 0.6 is 11.3 Å². The molecule has 0 amide bonds. The minimum atomic E-state index is 0.283. The van der Waals surface area contributed by atoms with E-state index in [1.807, 2.05) is 12.3 Å². The molecule has 0 aliphatic rings. The molecule has 1 rings (SSSR count). The molecule has 1 aromatic rings. The number of carbonyl (C=O) groups is 1. The molecule has 0 bridgehead atoms. The maximum absolute atomic E-state index is 11.5. The molecule has 2 heteroatoms. The molecule has 0 saturated carbocycles. The van der Waals surface area contributed by atoms with Gasteiger partial charge < -0.3 is 0 Å². The van der Waals surface area contributed by atoms with Crippen molar-refractivity contribution < 1.29 is 4.79 Å². The lowest BCUT2D eigenvalue weighted by atomic mass is 10.0. The summed E-state index contributed by atoms with van der Waals surface area (Å²) in [5, 5.41) is 2.01. The van der Waals surface area contributed by atoms with Gasteiger partial charge in [-0.1, -0.05) is 20.8 Å². The number of thiophene rings is 1. The van der Waals surface area contributed by atoms with Crippen molar-refractivity contribution in [2.24, 2.45) is 5.92 Å². The molecular formula is C11H16OS. The Balaban J connectivity index is 2.83. The van der Waals surface area contributed by atoms with Crippen LogP contribution in [0.25, 0.3) is 0 Å². The summed E-state index contributed by atoms with van der Waals surface area (Å²) in [6.45, 7) is 6.27. The zero-order chi connectivity index (χ0) is 9.84. The van der Waals surface area contributed by atoms with Gasteiger partial charge in [0.2, 0.25) is 0 Å². The standard InChI is InChI=1S/C11H16OS/c1-4-10(12)11-9(5-6-13-11)7-8(2)3/h5-6,8H,4,7H2,1-3H3. The fourth-order valence-electron chi connectivity index (χ4n) is 1.34. The van der Waals surface area contributed by atoms with Crippen LogP contribution in [-0.4, -0.2) is 5.78 Å². The van der Waals surface area contributed by atoms with Crippen molar-refractivity contribution in [2.75, 3.05) is 0 Å². The minimum Gasteiger partial charge on any atom is -0.293 e. The Hall–Kier alpha value is -0.630. The summed E-state index contributed by atoms with van der Waals surface area (Å²) in [6.07, 6.45) is 1.64. The monoisotopic (exact) mass is 196 g/mol. The summed E-state index contributed by atoms with van der Waals surface area (Å²) in [7, 11) is 0. The van der Waals surface area contributed by atoms with Crippen molar-refractivity contribution >= 4 is 17.1 Å². The van der Waals surface area contributed by atoms with Gasteiger partial charge in [0.1, 0.15) is 0 Å². The predicted molar refractivity (Wildman–Crippen MR) is 57.5 cm³/mol. The molecule has 0 aliphatic carbocycles. The van der Waals surface area contributed by atoms with E-state index < -0.39 is 0 Å². The van der Waals surface area contributed by atoms with Crippen LogP contribution in [0.15, 0.2) is 11.4 Å². The second-order valence-corrected chi connectivity index (χ2v) is 4.57. The number of carbonyl (C=O) groups excluding carboxylic acids is 1. The van der Waals surface area contributed by atoms with Gasteiger partial charge in [-0.3, -0.25) is 4.79 Å². The van der Waals surface area contributed by atoms with E-state index in [1.165, 1.54) is 5.56 Å². The van der Waals surface area contributed by atoms with Crippen LogP contribution in [-0.2, 0) is 6.42 Å². The van der Waals surface area contributed by atoms with Gasteiger partial charge in [-0.25, -0.2) is 0 Å². The SMILES string of the molecule is CCC(=O)c1sccc1CC(C)C. The topological polar surface area (TPSA) is 17.1 Å². The zero-order valence-electron chi connectivity index (χ0n) is 8.46. The third-order valence-corrected chi connectivity index (χ3v) is 2.95. The fourth-order valence-corrected chi connectivity index (χ4v) is 2.29. The van der Waals surface area contributed by atoms with Crippen molar-refractivity contribution in [3.8, 4) is 0 Å². The van der Waals surface area contributed by atoms with Gasteiger partial charge in [-0.2, -0.15) is 0 Å². The Bertz CT molecular complexity index is 286. The zero-order valence-corrected chi connectivity index (χ0v) is 9.28. The molecule has 1 aromatic heterocycles. The van der Waals surface area contributed by atoms with Gasteiger partial charge in [-0.05, 0) is 29.3 Å². The van der Waals surface area contributed by atoms with Crippen LogP contribution in [0.3, 0.4) is 0 Å². The first-order chi connectivity index (χ1) is 6.15. The number of rotatable bonds is 4. The first kappa shape index (κ1) is 10.5. The minimum absolute atomic E-state index is 0.283. The second-order valence-electron chi connectivity index (χ2n) is 3.65. The Kier molecular flexibility index (Phi) is 3.67. The van der Waals surface area contributed by atoms with Crippen LogP contribution < -0.4 is 0 Å². The summed E-state index contributed by atoms with van der Waals surface area (Å²) < 4.78 is 0. The van der Waals surface area contributed by atoms with Crippen molar-refractivity contribution in [3.05, 3.63) is 21.9 Å². The molecule has 0 fully saturated rings. The molecule has 1 nitrogen and oxygen atoms in total. The maximum Gasteiger partial charge on any atom is 0.172 e. The van der Waals surface area contributed by atoms with Gasteiger partial charge in [0.15, 0.2) is 5.78 Å². The summed E-state index contributed by atoms with van der Waals surface area (Å²) in [5.41, 5.74) is 1.23. The first-order valence-electron chi connectivity index (χ1n) is 4.74. The van der Waals surface area contributed by atoms with E-state index in [1.54, 1.807) is 11.3 Å². The van der Waals surface area contributed by atoms with Crippen LogP contribution in [0.1, 0.15) is 42.4 Å². The molecule has 0 saturated heterocycles. The quantitative estimate of drug-likeness (QED) is 0.673. The highest BCUT2D eigenvalue weighted by Gasteiger charge is 2.11. The molecule has 0 N–H and O–H groups in total. The lowest BCUT2D eigenvalue weighted by Gasteiger charge is -2.04. The van der Waals surface area contributed by atoms with Crippen molar-refractivity contribution in [2.45, 2.75) is 33.6 Å². The molecule has 0 aliphatic heterocycles. The number of Topliss-reactive ketones (excluding diaryl/α,β-unsaturated/α-hetero) is 1. The van der Waals surface area contributed by atoms with Crippen LogP contribution in [0.4, 0.5) is 0 Å². The molecule has 1 heterocycles. The van der Waals surface area contributed by atoms with Gasteiger partial charge in [0.25, 0.3) is 0 Å². The smallest absolute Gasteiger partial charge is 0.172 e. The fraction of sp³-hybridized carbons (Fsp3) is 0.545. The normalized spacial score (nSPS) is 10.8. The van der Waals surface area contributed by atoms with E-state index in [2.05, 4.69) is 19.9 Å². The Morgan fingerprint density at radius 2 is 2.23 bits per heavy atom. The third kappa shape index (κ3) is 2.66. The molecule has 0 radical (unpaired) electrons. The van der Waals surface area contributed by atoms with Gasteiger partial charge >= 0.3 is 0 Å². The van der Waals surface area contributed by atoms with Crippen molar-refractivity contribution in [1.29, 1.82) is 0 Å². The van der Waals surface area contributed by atoms with Crippen molar-refractivity contribution in [1.82, 2.24) is 0 Å². The van der Waals surface area contributed by atoms with E-state index in [-0.39, 0.29) is 5.78 Å². The lowest BCUT2D eigenvalue weighted by Crippen LogP contribution is -2.01.